The molecule has 2 nitrogen and oxygen atoms in total. The quantitative estimate of drug-likeness (QED) is 0.741. The molecule has 1 aliphatic rings. The van der Waals surface area contributed by atoms with Crippen LogP contribution in [0.25, 0.3) is 0 Å². The number of hydrogen-bond donors (Lipinski definition) is 1. The first kappa shape index (κ1) is 13.4. The fraction of sp³-hybridized carbons (Fsp3) is 0.625. The molecule has 0 heterocycles. The summed E-state index contributed by atoms with van der Waals surface area (Å²) in [6.07, 6.45) is 3.53. The van der Waals surface area contributed by atoms with Gasteiger partial charge in [0.1, 0.15) is 11.4 Å². The lowest BCUT2D eigenvalue weighted by molar-refractivity contribution is 0.173. The molecule has 1 fully saturated rings. The third-order valence-electron chi connectivity index (χ3n) is 3.55. The minimum Gasteiger partial charge on any atom is -0.486 e. The highest BCUT2D eigenvalue weighted by atomic mass is 16.5. The fourth-order valence-corrected chi connectivity index (χ4v) is 2.23. The Bertz CT molecular complexity index is 382. The van der Waals surface area contributed by atoms with Crippen LogP contribution in [0.2, 0.25) is 0 Å². The third-order valence-corrected chi connectivity index (χ3v) is 3.55. The molecule has 0 aliphatic heterocycles. The Balaban J connectivity index is 2.00. The minimum absolute atomic E-state index is 0.0696. The van der Waals surface area contributed by atoms with Gasteiger partial charge in [-0.05, 0) is 43.4 Å². The van der Waals surface area contributed by atoms with Crippen molar-refractivity contribution >= 4 is 0 Å². The molecule has 0 amide bonds. The Morgan fingerprint density at radius 2 is 2.00 bits per heavy atom. The zero-order chi connectivity index (χ0) is 13.0. The van der Waals surface area contributed by atoms with Gasteiger partial charge in [-0.15, -0.1) is 0 Å². The minimum atomic E-state index is 0.0696. The maximum absolute atomic E-state index is 6.29. The van der Waals surface area contributed by atoms with Crippen LogP contribution in [-0.4, -0.2) is 18.7 Å². The predicted octanol–water partition coefficient (Wildman–Crippen LogP) is 3.72. The van der Waals surface area contributed by atoms with E-state index in [0.29, 0.717) is 5.92 Å². The molecule has 1 saturated carbocycles. The van der Waals surface area contributed by atoms with Crippen LogP contribution in [0.15, 0.2) is 24.3 Å². The van der Waals surface area contributed by atoms with E-state index in [-0.39, 0.29) is 5.60 Å². The van der Waals surface area contributed by atoms with E-state index in [9.17, 15) is 0 Å². The molecule has 1 aliphatic carbocycles. The predicted molar refractivity (Wildman–Crippen MR) is 76.3 cm³/mol. The van der Waals surface area contributed by atoms with Gasteiger partial charge in [0.2, 0.25) is 0 Å². The van der Waals surface area contributed by atoms with E-state index in [4.69, 9.17) is 4.74 Å². The van der Waals surface area contributed by atoms with Crippen LogP contribution >= 0.6 is 0 Å². The molecule has 0 bridgehead atoms. The van der Waals surface area contributed by atoms with Gasteiger partial charge in [-0.2, -0.15) is 0 Å². The molecule has 0 unspecified atom stereocenters. The highest BCUT2D eigenvalue weighted by molar-refractivity contribution is 5.36. The van der Waals surface area contributed by atoms with Gasteiger partial charge in [0.25, 0.3) is 0 Å². The van der Waals surface area contributed by atoms with Crippen LogP contribution in [0.1, 0.15) is 51.5 Å². The van der Waals surface area contributed by atoms with Crippen molar-refractivity contribution in [1.29, 1.82) is 0 Å². The summed E-state index contributed by atoms with van der Waals surface area (Å²) in [6.45, 7) is 8.69. The van der Waals surface area contributed by atoms with E-state index in [2.05, 4.69) is 50.4 Å². The number of benzene rings is 1. The average molecular weight is 247 g/mol. The third kappa shape index (κ3) is 3.26. The maximum atomic E-state index is 6.29. The molecule has 2 rings (SSSR count). The van der Waals surface area contributed by atoms with Gasteiger partial charge >= 0.3 is 0 Å². The Hall–Kier alpha value is -1.02. The zero-order valence-electron chi connectivity index (χ0n) is 11.8. The van der Waals surface area contributed by atoms with E-state index < -0.39 is 0 Å². The Morgan fingerprint density at radius 3 is 2.61 bits per heavy atom. The van der Waals surface area contributed by atoms with Crippen LogP contribution in [0.5, 0.6) is 5.75 Å². The van der Waals surface area contributed by atoms with E-state index in [1.54, 1.807) is 0 Å². The van der Waals surface area contributed by atoms with Gasteiger partial charge in [-0.3, -0.25) is 0 Å². The largest absolute Gasteiger partial charge is 0.486 e. The molecular formula is C16H25NO. The van der Waals surface area contributed by atoms with E-state index >= 15 is 0 Å². The monoisotopic (exact) mass is 247 g/mol. The summed E-state index contributed by atoms with van der Waals surface area (Å²) < 4.78 is 6.29. The summed E-state index contributed by atoms with van der Waals surface area (Å²) >= 11 is 0. The highest BCUT2D eigenvalue weighted by Crippen LogP contribution is 2.41. The second-order valence-electron chi connectivity index (χ2n) is 5.65. The van der Waals surface area contributed by atoms with Gasteiger partial charge in [0, 0.05) is 6.54 Å². The summed E-state index contributed by atoms with van der Waals surface area (Å²) in [7, 11) is 0. The van der Waals surface area contributed by atoms with Gasteiger partial charge in [0.05, 0.1) is 0 Å². The van der Waals surface area contributed by atoms with Crippen molar-refractivity contribution in [3.63, 3.8) is 0 Å². The van der Waals surface area contributed by atoms with E-state index in [1.165, 1.54) is 24.8 Å². The number of para-hydroxylation sites is 1. The van der Waals surface area contributed by atoms with E-state index in [0.717, 1.165) is 18.8 Å². The maximum Gasteiger partial charge on any atom is 0.123 e. The van der Waals surface area contributed by atoms with Crippen molar-refractivity contribution in [3.8, 4) is 5.75 Å². The van der Waals surface area contributed by atoms with E-state index in [1.807, 2.05) is 0 Å². The molecule has 2 heteroatoms. The number of rotatable bonds is 7. The van der Waals surface area contributed by atoms with Gasteiger partial charge in [-0.1, -0.05) is 39.0 Å². The molecule has 1 N–H and O–H groups in total. The van der Waals surface area contributed by atoms with Gasteiger partial charge in [-0.25, -0.2) is 0 Å². The van der Waals surface area contributed by atoms with Crippen molar-refractivity contribution < 1.29 is 4.74 Å². The lowest BCUT2D eigenvalue weighted by Gasteiger charge is -2.22. The molecular weight excluding hydrogens is 222 g/mol. The Morgan fingerprint density at radius 1 is 1.28 bits per heavy atom. The number of nitrogens with one attached hydrogen (secondary N) is 1. The zero-order valence-corrected chi connectivity index (χ0v) is 11.8. The van der Waals surface area contributed by atoms with Crippen molar-refractivity contribution in [1.82, 2.24) is 5.32 Å². The van der Waals surface area contributed by atoms with Crippen LogP contribution in [0, 0.1) is 0 Å². The SMILES string of the molecule is CCCNCC1(Oc2ccccc2C(C)C)CC1. The van der Waals surface area contributed by atoms with Crippen molar-refractivity contribution in [3.05, 3.63) is 29.8 Å². The molecule has 1 aromatic rings. The van der Waals surface area contributed by atoms with Crippen LogP contribution in [0.3, 0.4) is 0 Å². The number of hydrogen-bond acceptors (Lipinski definition) is 2. The van der Waals surface area contributed by atoms with Gasteiger partial charge in [0.15, 0.2) is 0 Å². The summed E-state index contributed by atoms with van der Waals surface area (Å²) in [6, 6.07) is 8.44. The topological polar surface area (TPSA) is 21.3 Å². The first-order valence-electron chi connectivity index (χ1n) is 7.15. The summed E-state index contributed by atoms with van der Waals surface area (Å²) in [5, 5.41) is 3.48. The van der Waals surface area contributed by atoms with Crippen LogP contribution < -0.4 is 10.1 Å². The summed E-state index contributed by atoms with van der Waals surface area (Å²) in [5.41, 5.74) is 1.39. The fourth-order valence-electron chi connectivity index (χ4n) is 2.23. The lowest BCUT2D eigenvalue weighted by atomic mass is 10.0. The smallest absolute Gasteiger partial charge is 0.123 e. The molecule has 18 heavy (non-hydrogen) atoms. The van der Waals surface area contributed by atoms with Crippen molar-refractivity contribution in [2.45, 2.75) is 51.6 Å². The second kappa shape index (κ2) is 5.75. The first-order valence-corrected chi connectivity index (χ1v) is 7.15. The second-order valence-corrected chi connectivity index (χ2v) is 5.65. The van der Waals surface area contributed by atoms with Gasteiger partial charge < -0.3 is 10.1 Å². The Labute approximate surface area is 111 Å². The van der Waals surface area contributed by atoms with Crippen molar-refractivity contribution in [2.24, 2.45) is 0 Å². The average Bonchev–Trinajstić information content (AvgIpc) is 3.10. The first-order chi connectivity index (χ1) is 8.67. The molecule has 0 radical (unpaired) electrons. The molecule has 100 valence electrons. The molecule has 0 atom stereocenters. The Kier molecular flexibility index (Phi) is 4.28. The normalized spacial score (nSPS) is 16.9. The van der Waals surface area contributed by atoms with Crippen molar-refractivity contribution in [2.75, 3.05) is 13.1 Å². The van der Waals surface area contributed by atoms with Crippen LogP contribution in [0.4, 0.5) is 0 Å². The summed E-state index contributed by atoms with van der Waals surface area (Å²) in [5.74, 6) is 1.59. The molecule has 1 aromatic carbocycles. The highest BCUT2D eigenvalue weighted by Gasteiger charge is 2.45. The molecule has 0 aromatic heterocycles. The lowest BCUT2D eigenvalue weighted by Crippen LogP contribution is -2.34. The van der Waals surface area contributed by atoms with Crippen LogP contribution in [-0.2, 0) is 0 Å². The summed E-state index contributed by atoms with van der Waals surface area (Å²) in [4.78, 5) is 0. The standard InChI is InChI=1S/C16H25NO/c1-4-11-17-12-16(9-10-16)18-15-8-6-5-7-14(15)13(2)3/h5-8,13,17H,4,9-12H2,1-3H3. The molecule has 0 spiro atoms. The molecule has 0 saturated heterocycles. The number of ether oxygens (including phenoxy) is 1.